The highest BCUT2D eigenvalue weighted by Gasteiger charge is 2.25. The van der Waals surface area contributed by atoms with Crippen LogP contribution in [-0.2, 0) is 28.6 Å². The van der Waals surface area contributed by atoms with Crippen LogP contribution in [0.3, 0.4) is 0 Å². The summed E-state index contributed by atoms with van der Waals surface area (Å²) in [6.07, 6.45) is 45.6. The summed E-state index contributed by atoms with van der Waals surface area (Å²) in [5.41, 5.74) is 0. The summed E-state index contributed by atoms with van der Waals surface area (Å²) < 4.78 is 17.3. The lowest BCUT2D eigenvalue weighted by Gasteiger charge is -2.34. The highest BCUT2D eigenvalue weighted by Crippen LogP contribution is 2.17. The minimum Gasteiger partial charge on any atom is -0.544 e. The molecule has 0 radical (unpaired) electrons. The Morgan fingerprint density at radius 3 is 1.05 bits per heavy atom. The van der Waals surface area contributed by atoms with Crippen molar-refractivity contribution < 1.29 is 38.2 Å². The predicted octanol–water partition coefficient (Wildman–Crippen LogP) is 13.1. The lowest BCUT2D eigenvalue weighted by Crippen LogP contribution is -2.55. The Morgan fingerprint density at radius 1 is 0.441 bits per heavy atom. The molecule has 0 aliphatic rings. The van der Waals surface area contributed by atoms with Gasteiger partial charge in [-0.05, 0) is 12.8 Å². The summed E-state index contributed by atoms with van der Waals surface area (Å²) in [5, 5.41) is 11.7. The van der Waals surface area contributed by atoms with Crippen LogP contribution in [0.5, 0.6) is 0 Å². The molecule has 2 atom stereocenters. The number of carboxylic acids is 1. The highest BCUT2D eigenvalue weighted by molar-refractivity contribution is 5.70. The molecule has 350 valence electrons. The minimum absolute atomic E-state index is 0.0497. The Labute approximate surface area is 366 Å². The molecule has 8 nitrogen and oxygen atoms in total. The summed E-state index contributed by atoms with van der Waals surface area (Å²) in [5.74, 6) is -1.71. The van der Waals surface area contributed by atoms with Gasteiger partial charge in [0.05, 0.1) is 40.3 Å². The van der Waals surface area contributed by atoms with Crippen molar-refractivity contribution in [2.75, 3.05) is 41.0 Å². The number of likely N-dealkylation sites (N-methyl/N-ethyl adjacent to an activating group) is 1. The average Bonchev–Trinajstić information content (AvgIpc) is 3.19. The number of hydrogen-bond donors (Lipinski definition) is 0. The van der Waals surface area contributed by atoms with Crippen LogP contribution in [0.2, 0.25) is 0 Å². The quantitative estimate of drug-likeness (QED) is 0.0342. The number of aliphatic carboxylic acids is 1. The molecule has 0 N–H and O–H groups in total. The number of unbranched alkanes of at least 4 members (excludes halogenated alkanes) is 33. The van der Waals surface area contributed by atoms with Crippen LogP contribution < -0.4 is 5.11 Å². The van der Waals surface area contributed by atoms with Crippen molar-refractivity contribution in [2.24, 2.45) is 0 Å². The summed E-state index contributed by atoms with van der Waals surface area (Å²) in [6, 6.07) is -0.719. The van der Waals surface area contributed by atoms with Crippen LogP contribution in [0.25, 0.3) is 0 Å². The molecule has 0 bridgehead atoms. The maximum absolute atomic E-state index is 12.8. The van der Waals surface area contributed by atoms with Gasteiger partial charge in [-0.25, -0.2) is 0 Å². The Hall–Kier alpha value is -1.67. The number of quaternary nitrogens is 1. The van der Waals surface area contributed by atoms with Crippen LogP contribution in [0, 0.1) is 0 Å². The minimum atomic E-state index is -1.12. The molecule has 0 fully saturated rings. The van der Waals surface area contributed by atoms with Gasteiger partial charge >= 0.3 is 11.9 Å². The van der Waals surface area contributed by atoms with Gasteiger partial charge in [-0.2, -0.15) is 0 Å². The smallest absolute Gasteiger partial charge is 0.306 e. The summed E-state index contributed by atoms with van der Waals surface area (Å²) in [6.45, 7) is 4.72. The van der Waals surface area contributed by atoms with Gasteiger partial charge in [0.25, 0.3) is 0 Å². The first kappa shape index (κ1) is 57.3. The SMILES string of the molecule is CCCCCCCCCCCCCCCCCCCCCCC(=O)OC(COCCC(C(=O)[O-])[N+](C)(C)C)COC(=O)CCCCCCCCCCCCCCCCC. The van der Waals surface area contributed by atoms with Gasteiger partial charge in [-0.15, -0.1) is 0 Å². The second kappa shape index (κ2) is 43.0. The topological polar surface area (TPSA) is 102 Å². The molecule has 2 unspecified atom stereocenters. The number of carboxylic acid groups (broad SMARTS) is 1. The standard InChI is InChI=1S/C51H99NO7/c1-6-8-10-12-14-16-18-20-22-23-24-25-26-28-30-32-34-36-38-40-42-50(54)59-47(45-57-44-43-48(51(55)56)52(3,4)5)46-58-49(53)41-39-37-35-33-31-29-27-21-19-17-15-13-11-9-7-2/h47-48H,6-46H2,1-5H3. The molecule has 0 aromatic carbocycles. The second-order valence-electron chi connectivity index (χ2n) is 18.8. The van der Waals surface area contributed by atoms with Crippen molar-refractivity contribution in [1.29, 1.82) is 0 Å². The van der Waals surface area contributed by atoms with E-state index in [9.17, 15) is 19.5 Å². The van der Waals surface area contributed by atoms with Crippen molar-refractivity contribution >= 4 is 17.9 Å². The van der Waals surface area contributed by atoms with E-state index in [-0.39, 0.29) is 42.7 Å². The third-order valence-corrected chi connectivity index (χ3v) is 12.0. The Kier molecular flexibility index (Phi) is 41.8. The number of nitrogens with zero attached hydrogens (tertiary/aromatic N) is 1. The zero-order valence-electron chi connectivity index (χ0n) is 40.0. The van der Waals surface area contributed by atoms with Crippen molar-refractivity contribution in [2.45, 2.75) is 270 Å². The number of rotatable bonds is 47. The van der Waals surface area contributed by atoms with Crippen LogP contribution >= 0.6 is 0 Å². The number of ether oxygens (including phenoxy) is 3. The van der Waals surface area contributed by atoms with Crippen LogP contribution in [0.15, 0.2) is 0 Å². The molecule has 0 aromatic rings. The molecular formula is C51H99NO7. The molecule has 0 aliphatic heterocycles. The van der Waals surface area contributed by atoms with E-state index in [1.54, 1.807) is 0 Å². The van der Waals surface area contributed by atoms with Gasteiger partial charge in [-0.1, -0.05) is 226 Å². The van der Waals surface area contributed by atoms with E-state index >= 15 is 0 Å². The number of carbonyl (C=O) groups is 3. The van der Waals surface area contributed by atoms with E-state index in [1.807, 2.05) is 21.1 Å². The average molecular weight is 838 g/mol. The lowest BCUT2D eigenvalue weighted by molar-refractivity contribution is -0.889. The van der Waals surface area contributed by atoms with Crippen LogP contribution in [0.1, 0.15) is 258 Å². The van der Waals surface area contributed by atoms with E-state index in [2.05, 4.69) is 13.8 Å². The molecule has 0 aromatic heterocycles. The van der Waals surface area contributed by atoms with E-state index in [0.29, 0.717) is 12.8 Å². The molecule has 0 amide bonds. The summed E-state index contributed by atoms with van der Waals surface area (Å²) in [7, 11) is 5.43. The van der Waals surface area contributed by atoms with Crippen molar-refractivity contribution in [3.05, 3.63) is 0 Å². The van der Waals surface area contributed by atoms with E-state index in [0.717, 1.165) is 38.5 Å². The van der Waals surface area contributed by atoms with Gasteiger partial charge in [0.15, 0.2) is 6.10 Å². The van der Waals surface area contributed by atoms with Crippen LogP contribution in [-0.4, -0.2) is 75.5 Å². The number of hydrogen-bond acceptors (Lipinski definition) is 7. The molecule has 0 saturated carbocycles. The van der Waals surface area contributed by atoms with Gasteiger partial charge in [0, 0.05) is 19.3 Å². The zero-order valence-corrected chi connectivity index (χ0v) is 40.0. The largest absolute Gasteiger partial charge is 0.544 e. The van der Waals surface area contributed by atoms with Crippen LogP contribution in [0.4, 0.5) is 0 Å². The van der Waals surface area contributed by atoms with Crippen molar-refractivity contribution in [1.82, 2.24) is 0 Å². The predicted molar refractivity (Wildman–Crippen MR) is 245 cm³/mol. The maximum atomic E-state index is 12.8. The molecule has 0 rings (SSSR count). The van der Waals surface area contributed by atoms with E-state index < -0.39 is 18.1 Å². The molecule has 0 saturated heterocycles. The zero-order chi connectivity index (χ0) is 43.5. The maximum Gasteiger partial charge on any atom is 0.306 e. The summed E-state index contributed by atoms with van der Waals surface area (Å²) >= 11 is 0. The second-order valence-corrected chi connectivity index (χ2v) is 18.8. The fourth-order valence-electron chi connectivity index (χ4n) is 8.02. The lowest BCUT2D eigenvalue weighted by atomic mass is 10.0. The number of carbonyl (C=O) groups excluding carboxylic acids is 3. The molecule has 59 heavy (non-hydrogen) atoms. The molecule has 8 heteroatoms. The number of esters is 2. The Balaban J connectivity index is 4.19. The monoisotopic (exact) mass is 838 g/mol. The summed E-state index contributed by atoms with van der Waals surface area (Å²) in [4.78, 5) is 37.0. The van der Waals surface area contributed by atoms with Gasteiger partial charge in [-0.3, -0.25) is 9.59 Å². The molecule has 0 aliphatic carbocycles. The first-order chi connectivity index (χ1) is 28.6. The highest BCUT2D eigenvalue weighted by atomic mass is 16.6. The van der Waals surface area contributed by atoms with Gasteiger partial charge in [0.2, 0.25) is 0 Å². The fourth-order valence-corrected chi connectivity index (χ4v) is 8.02. The molecular weight excluding hydrogens is 739 g/mol. The van der Waals surface area contributed by atoms with Gasteiger partial charge in [0.1, 0.15) is 12.6 Å². The van der Waals surface area contributed by atoms with Crippen molar-refractivity contribution in [3.63, 3.8) is 0 Å². The fraction of sp³-hybridized carbons (Fsp3) is 0.941. The first-order valence-electron chi connectivity index (χ1n) is 25.6. The van der Waals surface area contributed by atoms with Gasteiger partial charge < -0.3 is 28.6 Å². The third-order valence-electron chi connectivity index (χ3n) is 12.0. The first-order valence-corrected chi connectivity index (χ1v) is 25.6. The van der Waals surface area contributed by atoms with E-state index in [1.165, 1.54) is 186 Å². The Morgan fingerprint density at radius 2 is 0.746 bits per heavy atom. The van der Waals surface area contributed by atoms with E-state index in [4.69, 9.17) is 14.2 Å². The third kappa shape index (κ3) is 41.5. The van der Waals surface area contributed by atoms with Crippen molar-refractivity contribution in [3.8, 4) is 0 Å². The Bertz CT molecular complexity index is 936. The molecule has 0 spiro atoms. The molecule has 0 heterocycles. The normalized spacial score (nSPS) is 12.8.